The normalized spacial score (nSPS) is 12.3. The van der Waals surface area contributed by atoms with Gasteiger partial charge in [0.05, 0.1) is 10.8 Å². The van der Waals surface area contributed by atoms with Gasteiger partial charge >= 0.3 is 11.9 Å². The number of thiophene rings is 2. The molecule has 2 rings (SSSR count). The van der Waals surface area contributed by atoms with Crippen LogP contribution in [0.2, 0.25) is 0 Å². The molecule has 0 aliphatic heterocycles. The van der Waals surface area contributed by atoms with Gasteiger partial charge in [-0.2, -0.15) is 0 Å². The zero-order chi connectivity index (χ0) is 22.4. The Bertz CT molecular complexity index is 775. The van der Waals surface area contributed by atoms with Gasteiger partial charge in [0, 0.05) is 19.5 Å². The molecule has 0 aliphatic carbocycles. The maximum Gasteiger partial charge on any atom is 0.309 e. The molecule has 0 saturated carbocycles. The molecule has 0 unspecified atom stereocenters. The van der Waals surface area contributed by atoms with Gasteiger partial charge < -0.3 is 10.2 Å². The van der Waals surface area contributed by atoms with Crippen LogP contribution in [0.15, 0.2) is 24.3 Å². The van der Waals surface area contributed by atoms with E-state index in [1.165, 1.54) is 19.5 Å². The van der Waals surface area contributed by atoms with Gasteiger partial charge in [-0.25, -0.2) is 0 Å². The minimum absolute atomic E-state index is 0.652. The largest absolute Gasteiger partial charge is 0.481 e. The highest BCUT2D eigenvalue weighted by atomic mass is 32.1. The molecule has 2 N–H and O–H groups in total. The number of carbonyl (C=O) groups is 2. The molecule has 0 bridgehead atoms. The minimum Gasteiger partial charge on any atom is -0.481 e. The molecule has 0 atom stereocenters. The van der Waals surface area contributed by atoms with Crippen LogP contribution in [0.3, 0.4) is 0 Å². The summed E-state index contributed by atoms with van der Waals surface area (Å²) in [5, 5.41) is 18.4. The van der Waals surface area contributed by atoms with Crippen LogP contribution >= 0.6 is 22.7 Å². The topological polar surface area (TPSA) is 74.6 Å². The van der Waals surface area contributed by atoms with Gasteiger partial charge in [-0.15, -0.1) is 22.7 Å². The van der Waals surface area contributed by atoms with E-state index in [4.69, 9.17) is 0 Å². The quantitative estimate of drug-likeness (QED) is 0.367. The molecule has 0 aromatic carbocycles. The Morgan fingerprint density at radius 3 is 1.27 bits per heavy atom. The van der Waals surface area contributed by atoms with Crippen molar-refractivity contribution >= 4 is 34.6 Å². The molecule has 4 nitrogen and oxygen atoms in total. The van der Waals surface area contributed by atoms with Crippen molar-refractivity contribution in [3.05, 3.63) is 43.8 Å². The molecule has 0 fully saturated rings. The average molecular weight is 451 g/mol. The molecule has 0 spiro atoms. The Kier molecular flexibility index (Phi) is 8.68. The predicted molar refractivity (Wildman–Crippen MR) is 125 cm³/mol. The van der Waals surface area contributed by atoms with Crippen LogP contribution in [0.1, 0.15) is 72.9 Å². The summed E-state index contributed by atoms with van der Waals surface area (Å²) >= 11 is 3.68. The third-order valence-electron chi connectivity index (χ3n) is 5.66. The first-order chi connectivity index (χ1) is 14.0. The predicted octanol–water partition coefficient (Wildman–Crippen LogP) is 6.46. The van der Waals surface area contributed by atoms with E-state index in [1.54, 1.807) is 27.7 Å². The van der Waals surface area contributed by atoms with Crippen LogP contribution < -0.4 is 0 Å². The van der Waals surface area contributed by atoms with Crippen LogP contribution in [0, 0.1) is 10.8 Å². The van der Waals surface area contributed by atoms with Crippen molar-refractivity contribution in [3.63, 3.8) is 0 Å². The van der Waals surface area contributed by atoms with Crippen molar-refractivity contribution in [2.75, 3.05) is 0 Å². The molecule has 2 aromatic heterocycles. The van der Waals surface area contributed by atoms with E-state index in [0.29, 0.717) is 12.8 Å². The molecule has 0 radical (unpaired) electrons. The second-order valence-corrected chi connectivity index (χ2v) is 11.8. The maximum atomic E-state index is 11.2. The van der Waals surface area contributed by atoms with E-state index in [9.17, 15) is 19.8 Å². The minimum atomic E-state index is -0.727. The number of hydrogen-bond acceptors (Lipinski definition) is 4. The molecule has 0 aliphatic rings. The van der Waals surface area contributed by atoms with Crippen molar-refractivity contribution in [1.29, 1.82) is 0 Å². The molecule has 0 saturated heterocycles. The summed E-state index contributed by atoms with van der Waals surface area (Å²) in [6, 6.07) is 8.76. The molecule has 0 amide bonds. The van der Waals surface area contributed by atoms with E-state index in [0.717, 1.165) is 38.5 Å². The van der Waals surface area contributed by atoms with Gasteiger partial charge in [0.1, 0.15) is 0 Å². The van der Waals surface area contributed by atoms with Crippen molar-refractivity contribution in [3.8, 4) is 0 Å². The molecule has 2 heterocycles. The SMILES string of the molecule is CC(C)(CCCc1ccc(CCc2ccc(CCCC(C)(C)C(=O)O)s2)s1)C(=O)O. The van der Waals surface area contributed by atoms with Crippen molar-refractivity contribution in [1.82, 2.24) is 0 Å². The number of hydrogen-bond donors (Lipinski definition) is 2. The molecular weight excluding hydrogens is 416 g/mol. The van der Waals surface area contributed by atoms with Crippen molar-refractivity contribution in [2.24, 2.45) is 10.8 Å². The first-order valence-electron chi connectivity index (χ1n) is 10.6. The molecule has 166 valence electrons. The second-order valence-electron chi connectivity index (χ2n) is 9.32. The van der Waals surface area contributed by atoms with Gasteiger partial charge in [-0.3, -0.25) is 9.59 Å². The summed E-state index contributed by atoms with van der Waals surface area (Å²) in [6.07, 6.45) is 7.11. The first-order valence-corrected chi connectivity index (χ1v) is 12.2. The van der Waals surface area contributed by atoms with E-state index >= 15 is 0 Å². The third-order valence-corrected chi connectivity index (χ3v) is 8.07. The van der Waals surface area contributed by atoms with Gasteiger partial charge in [0.2, 0.25) is 0 Å². The number of aliphatic carboxylic acids is 2. The molecule has 2 aromatic rings. The fourth-order valence-corrected chi connectivity index (χ4v) is 5.37. The Balaban J connectivity index is 1.74. The smallest absolute Gasteiger partial charge is 0.309 e. The lowest BCUT2D eigenvalue weighted by Crippen LogP contribution is -2.23. The highest BCUT2D eigenvalue weighted by Gasteiger charge is 2.27. The number of rotatable bonds is 13. The lowest BCUT2D eigenvalue weighted by molar-refractivity contribution is -0.148. The van der Waals surface area contributed by atoms with Crippen LogP contribution in [-0.2, 0) is 35.3 Å². The standard InChI is InChI=1S/C24H34O4S2/c1-23(2,21(25)26)15-5-7-17-9-11-19(29-17)13-14-20-12-10-18(30-20)8-6-16-24(3,4)22(27)28/h9-12H,5-8,13-16H2,1-4H3,(H,25,26)(H,27,28). The van der Waals surface area contributed by atoms with E-state index in [1.807, 2.05) is 22.7 Å². The molecular formula is C24H34O4S2. The van der Waals surface area contributed by atoms with Gasteiger partial charge in [-0.05, 0) is 103 Å². The lowest BCUT2D eigenvalue weighted by atomic mass is 9.87. The number of carboxylic acid groups (broad SMARTS) is 2. The van der Waals surface area contributed by atoms with Crippen LogP contribution in [-0.4, -0.2) is 22.2 Å². The van der Waals surface area contributed by atoms with E-state index < -0.39 is 22.8 Å². The van der Waals surface area contributed by atoms with Crippen molar-refractivity contribution in [2.45, 2.75) is 79.1 Å². The summed E-state index contributed by atoms with van der Waals surface area (Å²) in [4.78, 5) is 27.8. The van der Waals surface area contributed by atoms with Gasteiger partial charge in [-0.1, -0.05) is 0 Å². The Morgan fingerprint density at radius 1 is 0.667 bits per heavy atom. The van der Waals surface area contributed by atoms with Crippen LogP contribution in [0.4, 0.5) is 0 Å². The molecule has 30 heavy (non-hydrogen) atoms. The lowest BCUT2D eigenvalue weighted by Gasteiger charge is -2.18. The summed E-state index contributed by atoms with van der Waals surface area (Å²) in [5.41, 5.74) is -1.30. The average Bonchev–Trinajstić information content (AvgIpc) is 3.29. The Labute approximate surface area is 188 Å². The summed E-state index contributed by atoms with van der Waals surface area (Å²) in [6.45, 7) is 7.16. The summed E-state index contributed by atoms with van der Waals surface area (Å²) in [7, 11) is 0. The van der Waals surface area contributed by atoms with E-state index in [-0.39, 0.29) is 0 Å². The van der Waals surface area contributed by atoms with E-state index in [2.05, 4.69) is 24.3 Å². The third kappa shape index (κ3) is 7.55. The van der Waals surface area contributed by atoms with Crippen LogP contribution in [0.25, 0.3) is 0 Å². The fourth-order valence-electron chi connectivity index (χ4n) is 3.25. The maximum absolute atomic E-state index is 11.2. The first kappa shape index (κ1) is 24.6. The van der Waals surface area contributed by atoms with Gasteiger partial charge in [0.15, 0.2) is 0 Å². The Morgan fingerprint density at radius 2 is 0.967 bits per heavy atom. The highest BCUT2D eigenvalue weighted by molar-refractivity contribution is 7.12. The molecule has 6 heteroatoms. The number of carboxylic acids is 2. The zero-order valence-corrected chi connectivity index (χ0v) is 20.1. The zero-order valence-electron chi connectivity index (χ0n) is 18.5. The second kappa shape index (κ2) is 10.6. The number of aryl methyl sites for hydroxylation is 4. The van der Waals surface area contributed by atoms with Crippen LogP contribution in [0.5, 0.6) is 0 Å². The highest BCUT2D eigenvalue weighted by Crippen LogP contribution is 2.28. The summed E-state index contributed by atoms with van der Waals surface area (Å²) in [5.74, 6) is -1.45. The Hall–Kier alpha value is -1.66. The van der Waals surface area contributed by atoms with Gasteiger partial charge in [0.25, 0.3) is 0 Å². The van der Waals surface area contributed by atoms with Crippen molar-refractivity contribution < 1.29 is 19.8 Å². The fraction of sp³-hybridized carbons (Fsp3) is 0.583. The summed E-state index contributed by atoms with van der Waals surface area (Å²) < 4.78 is 0. The monoisotopic (exact) mass is 450 g/mol.